The number of aliphatic carboxylic acids is 1. The highest BCUT2D eigenvalue weighted by atomic mass is 16.4. The molecule has 1 fully saturated rings. The van der Waals surface area contributed by atoms with E-state index < -0.39 is 5.97 Å². The molecule has 0 bridgehead atoms. The van der Waals surface area contributed by atoms with Gasteiger partial charge in [-0.1, -0.05) is 32.6 Å². The van der Waals surface area contributed by atoms with Gasteiger partial charge in [0.25, 0.3) is 0 Å². The van der Waals surface area contributed by atoms with E-state index in [2.05, 4.69) is 6.92 Å². The molecule has 2 atom stereocenters. The van der Waals surface area contributed by atoms with Crippen LogP contribution in [0.15, 0.2) is 0 Å². The summed E-state index contributed by atoms with van der Waals surface area (Å²) in [6.07, 6.45) is 6.26. The van der Waals surface area contributed by atoms with Crippen LogP contribution in [0.1, 0.15) is 45.4 Å². The van der Waals surface area contributed by atoms with E-state index in [1.165, 1.54) is 25.7 Å². The number of rotatable bonds is 7. The van der Waals surface area contributed by atoms with Crippen molar-refractivity contribution >= 4 is 5.97 Å². The second kappa shape index (κ2) is 5.35. The molecule has 0 heterocycles. The molecule has 0 aromatic rings. The minimum absolute atomic E-state index is 0.105. The normalized spacial score (nSPS) is 20.4. The molecule has 0 saturated heterocycles. The van der Waals surface area contributed by atoms with E-state index in [0.717, 1.165) is 12.3 Å². The largest absolute Gasteiger partial charge is 0.481 e. The third-order valence-electron chi connectivity index (χ3n) is 2.91. The zero-order valence-corrected chi connectivity index (χ0v) is 8.91. The Balaban J connectivity index is 2.04. The lowest BCUT2D eigenvalue weighted by atomic mass is 9.95. The molecule has 0 unspecified atom stereocenters. The highest BCUT2D eigenvalue weighted by Gasteiger charge is 2.22. The number of carbonyl (C=O) groups is 1. The molecular formula is C11H21NO2. The summed E-state index contributed by atoms with van der Waals surface area (Å²) in [6, 6.07) is -0.165. The average Bonchev–Trinajstić information content (AvgIpc) is 2.81. The molecule has 3 nitrogen and oxygen atoms in total. The van der Waals surface area contributed by atoms with Crippen molar-refractivity contribution in [2.45, 2.75) is 51.5 Å². The van der Waals surface area contributed by atoms with Gasteiger partial charge in [0.15, 0.2) is 0 Å². The van der Waals surface area contributed by atoms with Crippen molar-refractivity contribution in [3.63, 3.8) is 0 Å². The van der Waals surface area contributed by atoms with E-state index in [4.69, 9.17) is 10.8 Å². The zero-order valence-electron chi connectivity index (χ0n) is 8.91. The minimum Gasteiger partial charge on any atom is -0.481 e. The lowest BCUT2D eigenvalue weighted by Gasteiger charge is -2.15. The van der Waals surface area contributed by atoms with Gasteiger partial charge in [-0.3, -0.25) is 4.79 Å². The predicted molar refractivity (Wildman–Crippen MR) is 56.0 cm³/mol. The molecule has 0 aromatic carbocycles. The van der Waals surface area contributed by atoms with Gasteiger partial charge in [0.1, 0.15) is 0 Å². The first-order chi connectivity index (χ1) is 6.58. The SMILES string of the molecule is C[C@H](CCC1CC1)C[C@H](N)CC(=O)O. The van der Waals surface area contributed by atoms with Crippen LogP contribution in [0.3, 0.4) is 0 Å². The van der Waals surface area contributed by atoms with E-state index >= 15 is 0 Å². The molecule has 0 radical (unpaired) electrons. The van der Waals surface area contributed by atoms with Gasteiger partial charge >= 0.3 is 5.97 Å². The van der Waals surface area contributed by atoms with E-state index in [1.54, 1.807) is 0 Å². The van der Waals surface area contributed by atoms with E-state index in [-0.39, 0.29) is 12.5 Å². The third-order valence-corrected chi connectivity index (χ3v) is 2.91. The molecule has 1 rings (SSSR count). The summed E-state index contributed by atoms with van der Waals surface area (Å²) in [6.45, 7) is 2.17. The Labute approximate surface area is 85.7 Å². The number of carboxylic acid groups (broad SMARTS) is 1. The molecule has 14 heavy (non-hydrogen) atoms. The highest BCUT2D eigenvalue weighted by Crippen LogP contribution is 2.35. The fourth-order valence-corrected chi connectivity index (χ4v) is 1.87. The lowest BCUT2D eigenvalue weighted by molar-refractivity contribution is -0.137. The third kappa shape index (κ3) is 5.22. The summed E-state index contributed by atoms with van der Waals surface area (Å²) in [5.74, 6) is 0.755. The summed E-state index contributed by atoms with van der Waals surface area (Å²) in [4.78, 5) is 10.4. The Kier molecular flexibility index (Phi) is 4.39. The van der Waals surface area contributed by atoms with E-state index in [0.29, 0.717) is 5.92 Å². The van der Waals surface area contributed by atoms with Crippen LogP contribution in [0.2, 0.25) is 0 Å². The van der Waals surface area contributed by atoms with Gasteiger partial charge in [0, 0.05) is 6.04 Å². The molecule has 1 saturated carbocycles. The molecule has 0 amide bonds. The quantitative estimate of drug-likeness (QED) is 0.659. The molecule has 82 valence electrons. The fourth-order valence-electron chi connectivity index (χ4n) is 1.87. The molecule has 3 N–H and O–H groups in total. The number of carboxylic acids is 1. The average molecular weight is 199 g/mol. The highest BCUT2D eigenvalue weighted by molar-refractivity contribution is 5.67. The maximum absolute atomic E-state index is 10.4. The zero-order chi connectivity index (χ0) is 10.6. The van der Waals surface area contributed by atoms with Gasteiger partial charge in [0.2, 0.25) is 0 Å². The Hall–Kier alpha value is -0.570. The second-order valence-electron chi connectivity index (χ2n) is 4.72. The topological polar surface area (TPSA) is 63.3 Å². The predicted octanol–water partition coefficient (Wildman–Crippen LogP) is 2.00. The summed E-state index contributed by atoms with van der Waals surface area (Å²) in [5.41, 5.74) is 5.72. The second-order valence-corrected chi connectivity index (χ2v) is 4.72. The fraction of sp³-hybridized carbons (Fsp3) is 0.909. The van der Waals surface area contributed by atoms with Crippen LogP contribution in [0.25, 0.3) is 0 Å². The first-order valence-corrected chi connectivity index (χ1v) is 5.55. The lowest BCUT2D eigenvalue weighted by Crippen LogP contribution is -2.26. The summed E-state index contributed by atoms with van der Waals surface area (Å²) < 4.78 is 0. The maximum atomic E-state index is 10.4. The number of hydrogen-bond acceptors (Lipinski definition) is 2. The monoisotopic (exact) mass is 199 g/mol. The van der Waals surface area contributed by atoms with Crippen LogP contribution >= 0.6 is 0 Å². The maximum Gasteiger partial charge on any atom is 0.304 e. The molecule has 0 spiro atoms. The molecule has 1 aliphatic carbocycles. The van der Waals surface area contributed by atoms with Crippen LogP contribution in [0.5, 0.6) is 0 Å². The van der Waals surface area contributed by atoms with E-state index in [9.17, 15) is 4.79 Å². The first kappa shape index (κ1) is 11.5. The van der Waals surface area contributed by atoms with Gasteiger partial charge in [0.05, 0.1) is 6.42 Å². The van der Waals surface area contributed by atoms with Gasteiger partial charge in [-0.15, -0.1) is 0 Å². The summed E-state index contributed by atoms with van der Waals surface area (Å²) >= 11 is 0. The van der Waals surface area contributed by atoms with Crippen molar-refractivity contribution < 1.29 is 9.90 Å². The van der Waals surface area contributed by atoms with Crippen molar-refractivity contribution in [1.29, 1.82) is 0 Å². The van der Waals surface area contributed by atoms with Crippen molar-refractivity contribution in [2.75, 3.05) is 0 Å². The Morgan fingerprint density at radius 1 is 1.57 bits per heavy atom. The van der Waals surface area contributed by atoms with Gasteiger partial charge in [-0.05, 0) is 18.3 Å². The summed E-state index contributed by atoms with van der Waals surface area (Å²) in [5, 5.41) is 8.54. The molecule has 3 heteroatoms. The Morgan fingerprint density at radius 3 is 2.71 bits per heavy atom. The Morgan fingerprint density at radius 2 is 2.21 bits per heavy atom. The van der Waals surface area contributed by atoms with Crippen LogP contribution < -0.4 is 5.73 Å². The van der Waals surface area contributed by atoms with Crippen molar-refractivity contribution in [3.05, 3.63) is 0 Å². The molecule has 0 aliphatic heterocycles. The van der Waals surface area contributed by atoms with Crippen molar-refractivity contribution in [2.24, 2.45) is 17.6 Å². The first-order valence-electron chi connectivity index (χ1n) is 5.55. The van der Waals surface area contributed by atoms with Crippen molar-refractivity contribution in [3.8, 4) is 0 Å². The Bertz CT molecular complexity index is 190. The minimum atomic E-state index is -0.785. The standard InChI is InChI=1S/C11H21NO2/c1-8(2-3-9-4-5-9)6-10(12)7-11(13)14/h8-10H,2-7,12H2,1H3,(H,13,14)/t8-,10+/m1/s1. The van der Waals surface area contributed by atoms with E-state index in [1.807, 2.05) is 0 Å². The number of nitrogens with two attached hydrogens (primary N) is 1. The van der Waals surface area contributed by atoms with Gasteiger partial charge in [-0.25, -0.2) is 0 Å². The molecular weight excluding hydrogens is 178 g/mol. The van der Waals surface area contributed by atoms with Gasteiger partial charge in [-0.2, -0.15) is 0 Å². The molecule has 1 aliphatic rings. The smallest absolute Gasteiger partial charge is 0.304 e. The van der Waals surface area contributed by atoms with Crippen LogP contribution in [0.4, 0.5) is 0 Å². The number of hydrogen-bond donors (Lipinski definition) is 2. The summed E-state index contributed by atoms with van der Waals surface area (Å²) in [7, 11) is 0. The van der Waals surface area contributed by atoms with Crippen LogP contribution in [-0.2, 0) is 4.79 Å². The van der Waals surface area contributed by atoms with Crippen molar-refractivity contribution in [1.82, 2.24) is 0 Å². The molecule has 0 aromatic heterocycles. The van der Waals surface area contributed by atoms with Gasteiger partial charge < -0.3 is 10.8 Å². The van der Waals surface area contributed by atoms with Crippen LogP contribution in [-0.4, -0.2) is 17.1 Å². The van der Waals surface area contributed by atoms with Crippen LogP contribution in [0, 0.1) is 11.8 Å².